The highest BCUT2D eigenvalue weighted by Crippen LogP contribution is 2.34. The molecule has 20 heavy (non-hydrogen) atoms. The Morgan fingerprint density at radius 3 is 2.05 bits per heavy atom. The van der Waals surface area contributed by atoms with E-state index in [1.807, 2.05) is 19.0 Å². The van der Waals surface area contributed by atoms with Gasteiger partial charge in [0, 0.05) is 28.2 Å². The van der Waals surface area contributed by atoms with Gasteiger partial charge in [-0.05, 0) is 71.1 Å². The number of nitrogen functional groups attached to an aromatic ring is 1. The van der Waals surface area contributed by atoms with Crippen molar-refractivity contribution in [1.82, 2.24) is 9.21 Å². The number of anilines is 1. The van der Waals surface area contributed by atoms with Crippen LogP contribution in [0.5, 0.6) is 0 Å². The van der Waals surface area contributed by atoms with Crippen molar-refractivity contribution in [3.63, 3.8) is 0 Å². The van der Waals surface area contributed by atoms with Gasteiger partial charge in [0.1, 0.15) is 4.90 Å². The summed E-state index contributed by atoms with van der Waals surface area (Å²) < 4.78 is 27.4. The minimum Gasteiger partial charge on any atom is -0.399 e. The molecule has 2 N–H and O–H groups in total. The molecule has 0 aliphatic heterocycles. The van der Waals surface area contributed by atoms with Crippen molar-refractivity contribution in [3.05, 3.63) is 21.1 Å². The lowest BCUT2D eigenvalue weighted by atomic mass is 10.3. The number of nitrogens with zero attached hydrogens (tertiary/aromatic N) is 2. The molecule has 0 radical (unpaired) electrons. The van der Waals surface area contributed by atoms with Crippen molar-refractivity contribution in [2.24, 2.45) is 0 Å². The first kappa shape index (κ1) is 17.9. The van der Waals surface area contributed by atoms with Gasteiger partial charge in [0.25, 0.3) is 0 Å². The summed E-state index contributed by atoms with van der Waals surface area (Å²) in [6.45, 7) is 1.30. The minimum atomic E-state index is -3.55. The molecule has 0 aliphatic rings. The molecule has 0 saturated heterocycles. The van der Waals surface area contributed by atoms with Gasteiger partial charge >= 0.3 is 0 Å². The van der Waals surface area contributed by atoms with E-state index in [1.165, 1.54) is 4.31 Å². The van der Waals surface area contributed by atoms with Crippen molar-refractivity contribution >= 4 is 47.6 Å². The van der Waals surface area contributed by atoms with Crippen LogP contribution in [0.4, 0.5) is 5.69 Å². The van der Waals surface area contributed by atoms with Crippen LogP contribution in [0.1, 0.15) is 6.42 Å². The van der Waals surface area contributed by atoms with Crippen LogP contribution >= 0.6 is 31.9 Å². The summed E-state index contributed by atoms with van der Waals surface area (Å²) in [4.78, 5) is 2.23. The number of rotatable bonds is 6. The molecule has 0 atom stereocenters. The topological polar surface area (TPSA) is 66.6 Å². The summed E-state index contributed by atoms with van der Waals surface area (Å²) in [6.07, 6.45) is 0.771. The SMILES string of the molecule is CN(C)CCCN(C)S(=O)(=O)c1c(Br)cc(N)cc1Br. The van der Waals surface area contributed by atoms with E-state index in [-0.39, 0.29) is 4.90 Å². The molecule has 0 amide bonds. The summed E-state index contributed by atoms with van der Waals surface area (Å²) in [5.74, 6) is 0. The maximum absolute atomic E-state index is 12.6. The molecule has 0 aromatic heterocycles. The van der Waals surface area contributed by atoms with Crippen LogP contribution in [-0.4, -0.2) is 51.9 Å². The molecule has 0 saturated carbocycles. The van der Waals surface area contributed by atoms with Crippen LogP contribution in [0.3, 0.4) is 0 Å². The molecule has 0 fully saturated rings. The molecule has 8 heteroatoms. The largest absolute Gasteiger partial charge is 0.399 e. The maximum atomic E-state index is 12.6. The van der Waals surface area contributed by atoms with Gasteiger partial charge < -0.3 is 10.6 Å². The van der Waals surface area contributed by atoms with Crippen LogP contribution in [0.2, 0.25) is 0 Å². The first-order valence-corrected chi connectivity index (χ1v) is 9.04. The molecule has 0 bridgehead atoms. The normalized spacial score (nSPS) is 12.3. The Balaban J connectivity index is 2.99. The molecular formula is C12H19Br2N3O2S. The molecule has 1 rings (SSSR count). The van der Waals surface area contributed by atoms with E-state index in [1.54, 1.807) is 19.2 Å². The lowest BCUT2D eigenvalue weighted by molar-refractivity contribution is 0.370. The molecule has 5 nitrogen and oxygen atoms in total. The number of hydrogen-bond donors (Lipinski definition) is 1. The van der Waals surface area contributed by atoms with Crippen molar-refractivity contribution in [2.45, 2.75) is 11.3 Å². The van der Waals surface area contributed by atoms with Gasteiger partial charge in [-0.3, -0.25) is 0 Å². The van der Waals surface area contributed by atoms with E-state index < -0.39 is 10.0 Å². The highest BCUT2D eigenvalue weighted by Gasteiger charge is 2.26. The van der Waals surface area contributed by atoms with E-state index in [0.29, 0.717) is 21.2 Å². The van der Waals surface area contributed by atoms with Gasteiger partial charge in [-0.2, -0.15) is 0 Å². The predicted molar refractivity (Wildman–Crippen MR) is 89.2 cm³/mol. The molecular weight excluding hydrogens is 410 g/mol. The fourth-order valence-corrected chi connectivity index (χ4v) is 5.45. The first-order valence-electron chi connectivity index (χ1n) is 6.02. The van der Waals surface area contributed by atoms with E-state index in [0.717, 1.165) is 13.0 Å². The van der Waals surface area contributed by atoms with Crippen molar-refractivity contribution < 1.29 is 8.42 Å². The fraction of sp³-hybridized carbons (Fsp3) is 0.500. The number of nitrogens with two attached hydrogens (primary N) is 1. The zero-order chi connectivity index (χ0) is 15.5. The average molecular weight is 429 g/mol. The molecule has 1 aromatic rings. The van der Waals surface area contributed by atoms with Crippen LogP contribution in [0.25, 0.3) is 0 Å². The molecule has 0 aliphatic carbocycles. The Hall–Kier alpha value is -0.150. The number of benzene rings is 1. The zero-order valence-corrected chi connectivity index (χ0v) is 15.7. The summed E-state index contributed by atoms with van der Waals surface area (Å²) in [5, 5.41) is 0. The second kappa shape index (κ2) is 7.22. The summed E-state index contributed by atoms with van der Waals surface area (Å²) in [5.41, 5.74) is 6.19. The highest BCUT2D eigenvalue weighted by atomic mass is 79.9. The lowest BCUT2D eigenvalue weighted by Gasteiger charge is -2.20. The van der Waals surface area contributed by atoms with Gasteiger partial charge in [-0.1, -0.05) is 0 Å². The fourth-order valence-electron chi connectivity index (χ4n) is 1.71. The quantitative estimate of drug-likeness (QED) is 0.706. The third-order valence-electron chi connectivity index (χ3n) is 2.77. The van der Waals surface area contributed by atoms with E-state index in [9.17, 15) is 8.42 Å². The van der Waals surface area contributed by atoms with Crippen molar-refractivity contribution in [1.29, 1.82) is 0 Å². The molecule has 0 unspecified atom stereocenters. The summed E-state index contributed by atoms with van der Waals surface area (Å²) >= 11 is 6.54. The Morgan fingerprint density at radius 2 is 1.60 bits per heavy atom. The van der Waals surface area contributed by atoms with Crippen molar-refractivity contribution in [3.8, 4) is 0 Å². The third-order valence-corrected chi connectivity index (χ3v) is 6.50. The second-order valence-electron chi connectivity index (χ2n) is 4.80. The first-order chi connectivity index (χ1) is 9.16. The Morgan fingerprint density at radius 1 is 1.10 bits per heavy atom. The number of sulfonamides is 1. The van der Waals surface area contributed by atoms with Gasteiger partial charge in [0.15, 0.2) is 0 Å². The second-order valence-corrected chi connectivity index (χ2v) is 8.49. The smallest absolute Gasteiger partial charge is 0.245 e. The summed E-state index contributed by atoms with van der Waals surface area (Å²) in [7, 11) is 1.95. The van der Waals surface area contributed by atoms with Crippen LogP contribution in [0, 0.1) is 0 Å². The maximum Gasteiger partial charge on any atom is 0.245 e. The molecule has 0 heterocycles. The molecule has 1 aromatic carbocycles. The van der Waals surface area contributed by atoms with Gasteiger partial charge in [0.05, 0.1) is 0 Å². The minimum absolute atomic E-state index is 0.207. The highest BCUT2D eigenvalue weighted by molar-refractivity contribution is 9.11. The van der Waals surface area contributed by atoms with E-state index in [2.05, 4.69) is 31.9 Å². The predicted octanol–water partition coefficient (Wildman–Crippen LogP) is 2.37. The van der Waals surface area contributed by atoms with E-state index in [4.69, 9.17) is 5.73 Å². The molecule has 0 spiro atoms. The van der Waals surface area contributed by atoms with E-state index >= 15 is 0 Å². The van der Waals surface area contributed by atoms with Crippen molar-refractivity contribution in [2.75, 3.05) is 40.0 Å². The standard InChI is InChI=1S/C12H19Br2N3O2S/c1-16(2)5-4-6-17(3)20(18,19)12-10(13)7-9(15)8-11(12)14/h7-8H,4-6,15H2,1-3H3. The lowest BCUT2D eigenvalue weighted by Crippen LogP contribution is -2.30. The van der Waals surface area contributed by atoms with Gasteiger partial charge in [0.2, 0.25) is 10.0 Å². The monoisotopic (exact) mass is 427 g/mol. The Kier molecular flexibility index (Phi) is 6.46. The number of hydrogen-bond acceptors (Lipinski definition) is 4. The third kappa shape index (κ3) is 4.42. The average Bonchev–Trinajstić information content (AvgIpc) is 2.26. The van der Waals surface area contributed by atoms with Crippen LogP contribution in [-0.2, 0) is 10.0 Å². The molecule has 114 valence electrons. The Labute approximate surface area is 137 Å². The van der Waals surface area contributed by atoms with Crippen LogP contribution < -0.4 is 5.73 Å². The zero-order valence-electron chi connectivity index (χ0n) is 11.7. The van der Waals surface area contributed by atoms with Gasteiger partial charge in [-0.25, -0.2) is 12.7 Å². The Bertz CT molecular complexity index is 553. The summed E-state index contributed by atoms with van der Waals surface area (Å²) in [6, 6.07) is 3.18. The van der Waals surface area contributed by atoms with Crippen LogP contribution in [0.15, 0.2) is 26.0 Å². The number of halogens is 2. The van der Waals surface area contributed by atoms with Gasteiger partial charge in [-0.15, -0.1) is 0 Å².